The Morgan fingerprint density at radius 2 is 1.07 bits per heavy atom. The first-order chi connectivity index (χ1) is 22.1. The molecule has 244 valence electrons. The molecule has 0 saturated heterocycles. The summed E-state index contributed by atoms with van der Waals surface area (Å²) in [6, 6.07) is 0. The van der Waals surface area contributed by atoms with Crippen LogP contribution in [0.5, 0.6) is 0 Å². The maximum atomic E-state index is 12.7. The highest BCUT2D eigenvalue weighted by atomic mass is 32.1. The van der Waals surface area contributed by atoms with Crippen molar-refractivity contribution in [3.8, 4) is 0 Å². The standard InChI is InChI=1S/C25H28N10O7S4/c26-5-3-1-2-4-17(38)32-22-29-14(9-43-22)19(40)34-24-31-16(11-45-24)21(42)35-25-30-15(10-46-25)20(41)33-23-28-13(8-44-23)18(39)27-6-12(37)7-36/h8-12,36-37H,1-7,26H2,(H,27,39)(H,28,33,41)(H,29,32,38)(H,30,35,42)(H,31,34,40). The SMILES string of the molecule is NCCCCCC(=O)Nc1nc(C(=O)Nc2nc(C(=O)Nc3nc(C(=O)Nc4nc(C(=O)NCC(O)CO)cs4)cs3)cs2)cs1. The fourth-order valence-electron chi connectivity index (χ4n) is 3.38. The van der Waals surface area contributed by atoms with Crippen molar-refractivity contribution in [3.63, 3.8) is 0 Å². The number of unbranched alkanes of at least 4 members (excludes halogenated alkanes) is 2. The van der Waals surface area contributed by atoms with Crippen LogP contribution in [0.4, 0.5) is 20.5 Å². The molecule has 4 heterocycles. The lowest BCUT2D eigenvalue weighted by Crippen LogP contribution is -2.34. The van der Waals surface area contributed by atoms with Crippen molar-refractivity contribution in [1.82, 2.24) is 25.3 Å². The molecular formula is C25H28N10O7S4. The molecule has 0 bridgehead atoms. The summed E-state index contributed by atoms with van der Waals surface area (Å²) in [4.78, 5) is 78.4. The number of hydrogen-bond acceptors (Lipinski definition) is 16. The third-order valence-corrected chi connectivity index (χ3v) is 8.70. The number of nitrogens with zero attached hydrogens (tertiary/aromatic N) is 4. The Kier molecular flexibility index (Phi) is 12.7. The normalized spacial score (nSPS) is 11.5. The molecule has 4 aromatic heterocycles. The van der Waals surface area contributed by atoms with Crippen LogP contribution in [-0.4, -0.2) is 85.5 Å². The predicted molar refractivity (Wildman–Crippen MR) is 174 cm³/mol. The van der Waals surface area contributed by atoms with Gasteiger partial charge in [0.25, 0.3) is 23.6 Å². The predicted octanol–water partition coefficient (Wildman–Crippen LogP) is 1.81. The third-order valence-electron chi connectivity index (χ3n) is 5.67. The number of hydrogen-bond donors (Lipinski definition) is 8. The van der Waals surface area contributed by atoms with E-state index in [4.69, 9.17) is 10.8 Å². The van der Waals surface area contributed by atoms with Gasteiger partial charge < -0.3 is 26.6 Å². The number of rotatable bonds is 16. The molecule has 4 rings (SSSR count). The summed E-state index contributed by atoms with van der Waals surface area (Å²) in [5.74, 6) is -2.60. The first-order valence-electron chi connectivity index (χ1n) is 13.5. The summed E-state index contributed by atoms with van der Waals surface area (Å²) in [5.41, 5.74) is 5.53. The highest BCUT2D eigenvalue weighted by Crippen LogP contribution is 2.23. The summed E-state index contributed by atoms with van der Waals surface area (Å²) in [5, 5.41) is 37.3. The number of carbonyl (C=O) groups excluding carboxylic acids is 5. The Morgan fingerprint density at radius 1 is 0.652 bits per heavy atom. The first kappa shape index (κ1) is 34.6. The van der Waals surface area contributed by atoms with Gasteiger partial charge in [0.15, 0.2) is 20.5 Å². The van der Waals surface area contributed by atoms with Gasteiger partial charge in [0.2, 0.25) is 5.91 Å². The van der Waals surface area contributed by atoms with Crippen LogP contribution in [0.25, 0.3) is 0 Å². The van der Waals surface area contributed by atoms with Gasteiger partial charge in [0.1, 0.15) is 22.8 Å². The van der Waals surface area contributed by atoms with Crippen molar-refractivity contribution in [2.24, 2.45) is 5.73 Å². The largest absolute Gasteiger partial charge is 0.394 e. The Hall–Kier alpha value is -4.25. The smallest absolute Gasteiger partial charge is 0.276 e. The van der Waals surface area contributed by atoms with E-state index in [1.54, 1.807) is 0 Å². The number of nitrogens with one attached hydrogen (secondary N) is 5. The van der Waals surface area contributed by atoms with Crippen LogP contribution in [-0.2, 0) is 4.79 Å². The van der Waals surface area contributed by atoms with Crippen molar-refractivity contribution in [3.05, 3.63) is 44.3 Å². The molecule has 0 aromatic carbocycles. The van der Waals surface area contributed by atoms with Crippen LogP contribution in [0.15, 0.2) is 21.5 Å². The average molecular weight is 709 g/mol. The van der Waals surface area contributed by atoms with E-state index in [1.807, 2.05) is 0 Å². The lowest BCUT2D eigenvalue weighted by Gasteiger charge is -2.07. The monoisotopic (exact) mass is 708 g/mol. The van der Waals surface area contributed by atoms with Gasteiger partial charge >= 0.3 is 0 Å². The lowest BCUT2D eigenvalue weighted by atomic mass is 10.2. The minimum Gasteiger partial charge on any atom is -0.394 e. The van der Waals surface area contributed by atoms with E-state index < -0.39 is 36.3 Å². The molecule has 17 nitrogen and oxygen atoms in total. The first-order valence-corrected chi connectivity index (χ1v) is 17.0. The van der Waals surface area contributed by atoms with E-state index in [0.717, 1.165) is 58.2 Å². The number of aromatic nitrogens is 4. The molecule has 0 fully saturated rings. The molecule has 1 unspecified atom stereocenters. The van der Waals surface area contributed by atoms with Crippen molar-refractivity contribution in [1.29, 1.82) is 0 Å². The van der Waals surface area contributed by atoms with E-state index in [-0.39, 0.29) is 50.6 Å². The topological polar surface area (TPSA) is 264 Å². The fourth-order valence-corrected chi connectivity index (χ4v) is 6.14. The Bertz CT molecular complexity index is 1680. The van der Waals surface area contributed by atoms with Crippen molar-refractivity contribution < 1.29 is 34.2 Å². The van der Waals surface area contributed by atoms with Crippen LogP contribution in [0, 0.1) is 0 Å². The van der Waals surface area contributed by atoms with E-state index in [9.17, 15) is 29.1 Å². The highest BCUT2D eigenvalue weighted by molar-refractivity contribution is 7.15. The molecule has 0 aliphatic heterocycles. The van der Waals surface area contributed by atoms with E-state index in [1.165, 1.54) is 21.5 Å². The van der Waals surface area contributed by atoms with Gasteiger partial charge in [-0.15, -0.1) is 45.3 Å². The summed E-state index contributed by atoms with van der Waals surface area (Å²) < 4.78 is 0. The molecule has 0 spiro atoms. The molecule has 0 saturated carbocycles. The summed E-state index contributed by atoms with van der Waals surface area (Å²) in [6.45, 7) is -0.0896. The molecule has 0 aliphatic rings. The number of aliphatic hydroxyl groups excluding tert-OH is 2. The zero-order chi connectivity index (χ0) is 33.1. The number of aliphatic hydroxyl groups is 2. The second-order valence-corrected chi connectivity index (χ2v) is 12.6. The Labute approximate surface area is 276 Å². The Balaban J connectivity index is 1.24. The molecule has 5 amide bonds. The number of amides is 5. The average Bonchev–Trinajstić information content (AvgIpc) is 3.86. The third kappa shape index (κ3) is 10.1. The van der Waals surface area contributed by atoms with E-state index in [2.05, 4.69) is 46.5 Å². The van der Waals surface area contributed by atoms with Crippen molar-refractivity contribution in [2.45, 2.75) is 31.8 Å². The van der Waals surface area contributed by atoms with Crippen LogP contribution >= 0.6 is 45.3 Å². The fraction of sp³-hybridized carbons (Fsp3) is 0.320. The maximum absolute atomic E-state index is 12.7. The summed E-state index contributed by atoms with van der Waals surface area (Å²) >= 11 is 4.12. The second kappa shape index (κ2) is 16.9. The van der Waals surface area contributed by atoms with Crippen molar-refractivity contribution in [2.75, 3.05) is 41.0 Å². The second-order valence-electron chi connectivity index (χ2n) is 9.21. The summed E-state index contributed by atoms with van der Waals surface area (Å²) in [6.07, 6.45) is 1.64. The molecule has 1 atom stereocenters. The molecule has 4 aromatic rings. The quantitative estimate of drug-likeness (QED) is 0.0775. The minimum absolute atomic E-state index is 0.00228. The number of carbonyl (C=O) groups is 5. The highest BCUT2D eigenvalue weighted by Gasteiger charge is 2.19. The number of thiazole rings is 4. The zero-order valence-corrected chi connectivity index (χ0v) is 27.0. The van der Waals surface area contributed by atoms with Gasteiger partial charge in [0.05, 0.1) is 12.7 Å². The maximum Gasteiger partial charge on any atom is 0.276 e. The van der Waals surface area contributed by atoms with Gasteiger partial charge in [-0.05, 0) is 19.4 Å². The van der Waals surface area contributed by atoms with Gasteiger partial charge in [0, 0.05) is 34.5 Å². The molecular weight excluding hydrogens is 681 g/mol. The van der Waals surface area contributed by atoms with E-state index in [0.29, 0.717) is 24.5 Å². The van der Waals surface area contributed by atoms with Crippen LogP contribution < -0.4 is 32.3 Å². The van der Waals surface area contributed by atoms with Gasteiger partial charge in [-0.25, -0.2) is 19.9 Å². The molecule has 21 heteroatoms. The molecule has 9 N–H and O–H groups in total. The van der Waals surface area contributed by atoms with Crippen LogP contribution in [0.1, 0.15) is 67.6 Å². The molecule has 0 radical (unpaired) electrons. The van der Waals surface area contributed by atoms with Gasteiger partial charge in [-0.1, -0.05) is 6.42 Å². The van der Waals surface area contributed by atoms with Gasteiger partial charge in [-0.3, -0.25) is 39.9 Å². The van der Waals surface area contributed by atoms with Crippen LogP contribution in [0.3, 0.4) is 0 Å². The van der Waals surface area contributed by atoms with Crippen LogP contribution in [0.2, 0.25) is 0 Å². The van der Waals surface area contributed by atoms with E-state index >= 15 is 0 Å². The summed E-state index contributed by atoms with van der Waals surface area (Å²) in [7, 11) is 0. The number of anilines is 4. The van der Waals surface area contributed by atoms with Crippen molar-refractivity contribution >= 4 is 95.4 Å². The Morgan fingerprint density at radius 3 is 1.48 bits per heavy atom. The minimum atomic E-state index is -1.10. The molecule has 46 heavy (non-hydrogen) atoms. The number of nitrogens with two attached hydrogens (primary N) is 1. The zero-order valence-electron chi connectivity index (χ0n) is 23.8. The van der Waals surface area contributed by atoms with Gasteiger partial charge in [-0.2, -0.15) is 0 Å². The lowest BCUT2D eigenvalue weighted by molar-refractivity contribution is -0.116. The molecule has 0 aliphatic carbocycles.